The van der Waals surface area contributed by atoms with Gasteiger partial charge in [0.1, 0.15) is 11.4 Å². The third kappa shape index (κ3) is 3.49. The molecule has 0 atom stereocenters. The lowest BCUT2D eigenvalue weighted by Gasteiger charge is -2.08. The van der Waals surface area contributed by atoms with E-state index in [9.17, 15) is 9.18 Å². The van der Waals surface area contributed by atoms with Gasteiger partial charge in [-0.25, -0.2) is 19.2 Å². The zero-order chi connectivity index (χ0) is 15.4. The van der Waals surface area contributed by atoms with Crippen LogP contribution in [-0.2, 0) is 10.6 Å². The first-order valence-corrected chi connectivity index (χ1v) is 7.02. The number of aromatic nitrogens is 2. The molecule has 1 heterocycles. The zero-order valence-corrected chi connectivity index (χ0v) is 12.6. The van der Waals surface area contributed by atoms with Gasteiger partial charge in [0, 0.05) is 11.8 Å². The number of halogens is 3. The van der Waals surface area contributed by atoms with E-state index in [2.05, 4.69) is 9.97 Å². The van der Waals surface area contributed by atoms with Crippen LogP contribution in [0.25, 0.3) is 11.4 Å². The summed E-state index contributed by atoms with van der Waals surface area (Å²) >= 11 is 11.8. The predicted octanol–water partition coefficient (Wildman–Crippen LogP) is 3.85. The Balaban J connectivity index is 2.45. The van der Waals surface area contributed by atoms with Crippen molar-refractivity contribution >= 4 is 29.2 Å². The van der Waals surface area contributed by atoms with Crippen molar-refractivity contribution < 1.29 is 13.9 Å². The number of ether oxygens (including phenoxy) is 1. The van der Waals surface area contributed by atoms with Gasteiger partial charge in [-0.3, -0.25) is 0 Å². The Morgan fingerprint density at radius 2 is 2.19 bits per heavy atom. The monoisotopic (exact) mass is 328 g/mol. The van der Waals surface area contributed by atoms with E-state index in [0.717, 1.165) is 0 Å². The number of benzene rings is 1. The van der Waals surface area contributed by atoms with Gasteiger partial charge in [0.15, 0.2) is 5.82 Å². The summed E-state index contributed by atoms with van der Waals surface area (Å²) in [6.45, 7) is 1.94. The topological polar surface area (TPSA) is 52.1 Å². The molecule has 4 nitrogen and oxygen atoms in total. The Bertz CT molecular complexity index is 680. The quantitative estimate of drug-likeness (QED) is 0.631. The SMILES string of the molecule is CCOC(=O)c1cnc(-c2ccc(F)cc2Cl)nc1CCl. The molecule has 0 fully saturated rings. The molecule has 2 rings (SSSR count). The van der Waals surface area contributed by atoms with E-state index in [1.54, 1.807) is 6.92 Å². The lowest BCUT2D eigenvalue weighted by Crippen LogP contribution is -2.10. The van der Waals surface area contributed by atoms with Gasteiger partial charge < -0.3 is 4.74 Å². The number of carbonyl (C=O) groups excluding carboxylic acids is 1. The number of hydrogen-bond acceptors (Lipinski definition) is 4. The van der Waals surface area contributed by atoms with Crippen LogP contribution in [0.1, 0.15) is 23.0 Å². The van der Waals surface area contributed by atoms with E-state index in [4.69, 9.17) is 27.9 Å². The lowest BCUT2D eigenvalue weighted by atomic mass is 10.2. The first-order chi connectivity index (χ1) is 10.1. The summed E-state index contributed by atoms with van der Waals surface area (Å²) in [6.07, 6.45) is 1.33. The van der Waals surface area contributed by atoms with Gasteiger partial charge in [-0.15, -0.1) is 11.6 Å². The van der Waals surface area contributed by atoms with Crippen LogP contribution < -0.4 is 0 Å². The van der Waals surface area contributed by atoms with Gasteiger partial charge in [0.2, 0.25) is 0 Å². The van der Waals surface area contributed by atoms with Crippen molar-refractivity contribution in [2.75, 3.05) is 6.61 Å². The van der Waals surface area contributed by atoms with Crippen molar-refractivity contribution in [3.63, 3.8) is 0 Å². The van der Waals surface area contributed by atoms with Gasteiger partial charge in [-0.2, -0.15) is 0 Å². The Morgan fingerprint density at radius 3 is 2.81 bits per heavy atom. The molecule has 0 unspecified atom stereocenters. The van der Waals surface area contributed by atoms with Crippen molar-refractivity contribution in [2.24, 2.45) is 0 Å². The fourth-order valence-electron chi connectivity index (χ4n) is 1.70. The highest BCUT2D eigenvalue weighted by atomic mass is 35.5. The van der Waals surface area contributed by atoms with Crippen LogP contribution >= 0.6 is 23.2 Å². The van der Waals surface area contributed by atoms with Crippen molar-refractivity contribution in [2.45, 2.75) is 12.8 Å². The minimum absolute atomic E-state index is 0.0164. The van der Waals surface area contributed by atoms with Crippen LogP contribution in [0.3, 0.4) is 0 Å². The summed E-state index contributed by atoms with van der Waals surface area (Å²) in [7, 11) is 0. The second-order valence-electron chi connectivity index (χ2n) is 4.03. The first kappa shape index (κ1) is 15.7. The number of carbonyl (C=O) groups is 1. The molecule has 0 spiro atoms. The maximum Gasteiger partial charge on any atom is 0.341 e. The van der Waals surface area contributed by atoms with Crippen LogP contribution in [0.15, 0.2) is 24.4 Å². The molecule has 0 amide bonds. The van der Waals surface area contributed by atoms with Gasteiger partial charge in [-0.05, 0) is 25.1 Å². The van der Waals surface area contributed by atoms with Crippen LogP contribution in [0.5, 0.6) is 0 Å². The predicted molar refractivity (Wildman–Crippen MR) is 77.9 cm³/mol. The minimum Gasteiger partial charge on any atom is -0.462 e. The average molecular weight is 329 g/mol. The summed E-state index contributed by atoms with van der Waals surface area (Å²) < 4.78 is 18.0. The molecule has 0 N–H and O–H groups in total. The highest BCUT2D eigenvalue weighted by Gasteiger charge is 2.17. The van der Waals surface area contributed by atoms with Crippen molar-refractivity contribution in [3.05, 3.63) is 46.5 Å². The van der Waals surface area contributed by atoms with Crippen LogP contribution in [0.4, 0.5) is 4.39 Å². The van der Waals surface area contributed by atoms with E-state index in [1.807, 2.05) is 0 Å². The van der Waals surface area contributed by atoms with Crippen molar-refractivity contribution in [1.82, 2.24) is 9.97 Å². The molecule has 0 bridgehead atoms. The lowest BCUT2D eigenvalue weighted by molar-refractivity contribution is 0.0524. The van der Waals surface area contributed by atoms with Gasteiger partial charge in [0.05, 0.1) is 23.2 Å². The Kier molecular flexibility index (Phi) is 5.09. The number of rotatable bonds is 4. The molecule has 0 saturated heterocycles. The van der Waals surface area contributed by atoms with Crippen LogP contribution in [-0.4, -0.2) is 22.5 Å². The number of alkyl halides is 1. The third-order valence-electron chi connectivity index (χ3n) is 2.66. The summed E-state index contributed by atoms with van der Waals surface area (Å²) in [5.74, 6) is -0.708. The van der Waals surface area contributed by atoms with E-state index in [-0.39, 0.29) is 28.9 Å². The van der Waals surface area contributed by atoms with Gasteiger partial charge in [-0.1, -0.05) is 11.6 Å². The number of esters is 1. The third-order valence-corrected chi connectivity index (χ3v) is 3.23. The summed E-state index contributed by atoms with van der Waals surface area (Å²) in [5.41, 5.74) is 0.995. The molecule has 110 valence electrons. The van der Waals surface area contributed by atoms with E-state index < -0.39 is 11.8 Å². The molecule has 0 saturated carbocycles. The Labute approximate surface area is 130 Å². The fraction of sp³-hybridized carbons (Fsp3) is 0.214. The molecule has 0 radical (unpaired) electrons. The summed E-state index contributed by atoms with van der Waals surface area (Å²) in [6, 6.07) is 3.89. The smallest absolute Gasteiger partial charge is 0.341 e. The van der Waals surface area contributed by atoms with Gasteiger partial charge >= 0.3 is 5.97 Å². The standard InChI is InChI=1S/C14H11Cl2FN2O2/c1-2-21-14(20)10-7-18-13(19-12(10)6-15)9-4-3-8(17)5-11(9)16/h3-5,7H,2,6H2,1H3. The maximum absolute atomic E-state index is 13.1. The van der Waals surface area contributed by atoms with Crippen LogP contribution in [0, 0.1) is 5.82 Å². The normalized spacial score (nSPS) is 10.5. The molecule has 2 aromatic rings. The van der Waals surface area contributed by atoms with Crippen molar-refractivity contribution in [3.8, 4) is 11.4 Å². The van der Waals surface area contributed by atoms with E-state index >= 15 is 0 Å². The average Bonchev–Trinajstić information content (AvgIpc) is 2.47. The molecular formula is C14H11Cl2FN2O2. The summed E-state index contributed by atoms with van der Waals surface area (Å²) in [4.78, 5) is 20.0. The zero-order valence-electron chi connectivity index (χ0n) is 11.1. The second-order valence-corrected chi connectivity index (χ2v) is 4.71. The Morgan fingerprint density at radius 1 is 1.43 bits per heavy atom. The number of hydrogen-bond donors (Lipinski definition) is 0. The molecule has 1 aromatic heterocycles. The van der Waals surface area contributed by atoms with Crippen LogP contribution in [0.2, 0.25) is 5.02 Å². The molecule has 1 aromatic carbocycles. The molecular weight excluding hydrogens is 318 g/mol. The van der Waals surface area contributed by atoms with E-state index in [0.29, 0.717) is 11.3 Å². The molecule has 0 aliphatic carbocycles. The first-order valence-electron chi connectivity index (χ1n) is 6.11. The van der Waals surface area contributed by atoms with Gasteiger partial charge in [0.25, 0.3) is 0 Å². The second kappa shape index (κ2) is 6.83. The fourth-order valence-corrected chi connectivity index (χ4v) is 2.15. The largest absolute Gasteiger partial charge is 0.462 e. The molecule has 7 heteroatoms. The minimum atomic E-state index is -0.537. The highest BCUT2D eigenvalue weighted by molar-refractivity contribution is 6.33. The highest BCUT2D eigenvalue weighted by Crippen LogP contribution is 2.26. The number of nitrogens with zero attached hydrogens (tertiary/aromatic N) is 2. The molecule has 0 aliphatic heterocycles. The van der Waals surface area contributed by atoms with Crippen molar-refractivity contribution in [1.29, 1.82) is 0 Å². The molecule has 0 aliphatic rings. The maximum atomic E-state index is 13.1. The summed E-state index contributed by atoms with van der Waals surface area (Å²) in [5, 5.41) is 0.180. The Hall–Kier alpha value is -1.72. The molecule has 21 heavy (non-hydrogen) atoms. The van der Waals surface area contributed by atoms with E-state index in [1.165, 1.54) is 24.4 Å².